The molecule has 3 heterocycles. The second-order valence-corrected chi connectivity index (χ2v) is 6.02. The fourth-order valence-corrected chi connectivity index (χ4v) is 3.00. The van der Waals surface area contributed by atoms with Crippen LogP contribution in [0.3, 0.4) is 0 Å². The molecule has 0 saturated heterocycles. The number of amides is 1. The molecule has 0 unspecified atom stereocenters. The number of aromatic nitrogens is 3. The van der Waals surface area contributed by atoms with Crippen LogP contribution in [0.1, 0.15) is 5.56 Å². The fourth-order valence-electron chi connectivity index (χ4n) is 2.27. The van der Waals surface area contributed by atoms with Gasteiger partial charge in [-0.1, -0.05) is 23.5 Å². The zero-order valence-corrected chi connectivity index (χ0v) is 13.2. The van der Waals surface area contributed by atoms with E-state index in [1.165, 1.54) is 11.3 Å². The second kappa shape index (κ2) is 6.25. The number of fused-ring (bicyclic) bond motifs is 1. The first kappa shape index (κ1) is 14.6. The topological polar surface area (TPSA) is 86.2 Å². The van der Waals surface area contributed by atoms with E-state index in [0.717, 1.165) is 11.3 Å². The van der Waals surface area contributed by atoms with Gasteiger partial charge in [-0.05, 0) is 29.8 Å². The highest BCUT2D eigenvalue weighted by Crippen LogP contribution is 2.32. The van der Waals surface area contributed by atoms with Gasteiger partial charge < -0.3 is 14.8 Å². The van der Waals surface area contributed by atoms with Gasteiger partial charge in [0.1, 0.15) is 5.69 Å². The molecular formula is C16H12N4O3S. The van der Waals surface area contributed by atoms with Gasteiger partial charge in [0.25, 0.3) is 0 Å². The zero-order chi connectivity index (χ0) is 16.4. The summed E-state index contributed by atoms with van der Waals surface area (Å²) in [5, 5.41) is 11.9. The molecule has 24 heavy (non-hydrogen) atoms. The lowest BCUT2D eigenvalue weighted by Crippen LogP contribution is -2.14. The molecule has 1 amide bonds. The number of nitrogens with one attached hydrogen (secondary N) is 1. The lowest BCUT2D eigenvalue weighted by Gasteiger charge is -2.03. The van der Waals surface area contributed by atoms with Crippen molar-refractivity contribution >= 4 is 22.4 Å². The zero-order valence-electron chi connectivity index (χ0n) is 12.4. The van der Waals surface area contributed by atoms with Gasteiger partial charge in [-0.25, -0.2) is 0 Å². The predicted octanol–water partition coefficient (Wildman–Crippen LogP) is 2.51. The molecule has 0 fully saturated rings. The molecule has 1 aromatic carbocycles. The van der Waals surface area contributed by atoms with Crippen LogP contribution < -0.4 is 14.8 Å². The Bertz CT molecular complexity index is 882. The van der Waals surface area contributed by atoms with Crippen molar-refractivity contribution in [2.24, 2.45) is 0 Å². The maximum atomic E-state index is 12.2. The number of anilines is 1. The first-order valence-electron chi connectivity index (χ1n) is 7.21. The molecule has 1 aliphatic rings. The fraction of sp³-hybridized carbons (Fsp3) is 0.125. The summed E-state index contributed by atoms with van der Waals surface area (Å²) in [6, 6.07) is 11.0. The van der Waals surface area contributed by atoms with Crippen molar-refractivity contribution in [2.75, 3.05) is 12.1 Å². The Hall–Kier alpha value is -3.00. The van der Waals surface area contributed by atoms with Crippen LogP contribution in [-0.2, 0) is 11.2 Å². The molecule has 1 N–H and O–H groups in total. The van der Waals surface area contributed by atoms with Crippen LogP contribution in [-0.4, -0.2) is 27.9 Å². The SMILES string of the molecule is O=C(Cc1ccc2c(c1)OCO2)Nc1nnc(-c2ccccn2)s1. The van der Waals surface area contributed by atoms with E-state index in [9.17, 15) is 4.79 Å². The van der Waals surface area contributed by atoms with Gasteiger partial charge in [0.05, 0.1) is 6.42 Å². The van der Waals surface area contributed by atoms with E-state index in [-0.39, 0.29) is 19.1 Å². The minimum absolute atomic E-state index is 0.169. The van der Waals surface area contributed by atoms with E-state index in [1.807, 2.05) is 24.3 Å². The standard InChI is InChI=1S/C16H12N4O3S/c21-14(8-10-4-5-12-13(7-10)23-9-22-12)18-16-20-19-15(24-16)11-3-1-2-6-17-11/h1-7H,8-9H2,(H,18,20,21). The first-order valence-corrected chi connectivity index (χ1v) is 8.03. The van der Waals surface area contributed by atoms with E-state index in [2.05, 4.69) is 20.5 Å². The summed E-state index contributed by atoms with van der Waals surface area (Å²) in [7, 11) is 0. The maximum absolute atomic E-state index is 12.2. The third kappa shape index (κ3) is 3.04. The summed E-state index contributed by atoms with van der Waals surface area (Å²) in [5.74, 6) is 1.19. The summed E-state index contributed by atoms with van der Waals surface area (Å²) in [6.45, 7) is 0.214. The average molecular weight is 340 g/mol. The van der Waals surface area contributed by atoms with Gasteiger partial charge in [0.15, 0.2) is 16.5 Å². The normalized spacial score (nSPS) is 12.2. The highest BCUT2D eigenvalue weighted by Gasteiger charge is 2.15. The number of nitrogens with zero attached hydrogens (tertiary/aromatic N) is 3. The number of carbonyl (C=O) groups is 1. The van der Waals surface area contributed by atoms with Crippen molar-refractivity contribution in [1.82, 2.24) is 15.2 Å². The van der Waals surface area contributed by atoms with E-state index in [1.54, 1.807) is 18.3 Å². The lowest BCUT2D eigenvalue weighted by atomic mass is 10.1. The van der Waals surface area contributed by atoms with Gasteiger partial charge in [0, 0.05) is 6.20 Å². The Balaban J connectivity index is 1.42. The quantitative estimate of drug-likeness (QED) is 0.785. The number of hydrogen-bond donors (Lipinski definition) is 1. The Morgan fingerprint density at radius 3 is 2.96 bits per heavy atom. The van der Waals surface area contributed by atoms with Gasteiger partial charge in [0.2, 0.25) is 17.8 Å². The largest absolute Gasteiger partial charge is 0.454 e. The molecule has 2 aromatic heterocycles. The number of pyridine rings is 1. The van der Waals surface area contributed by atoms with Crippen LogP contribution in [0.15, 0.2) is 42.6 Å². The smallest absolute Gasteiger partial charge is 0.231 e. The number of rotatable bonds is 4. The predicted molar refractivity (Wildman–Crippen MR) is 88.0 cm³/mol. The first-order chi connectivity index (χ1) is 11.8. The second-order valence-electron chi connectivity index (χ2n) is 5.04. The van der Waals surface area contributed by atoms with Crippen molar-refractivity contribution in [3.8, 4) is 22.2 Å². The molecule has 0 atom stereocenters. The number of hydrogen-bond acceptors (Lipinski definition) is 7. The Labute approximate surface area is 141 Å². The molecule has 120 valence electrons. The monoisotopic (exact) mass is 340 g/mol. The molecule has 1 aliphatic heterocycles. The van der Waals surface area contributed by atoms with Crippen molar-refractivity contribution < 1.29 is 14.3 Å². The molecule has 0 bridgehead atoms. The minimum Gasteiger partial charge on any atom is -0.454 e. The summed E-state index contributed by atoms with van der Waals surface area (Å²) in [5.41, 5.74) is 1.57. The number of carbonyl (C=O) groups excluding carboxylic acids is 1. The van der Waals surface area contributed by atoms with Gasteiger partial charge in [-0.3, -0.25) is 9.78 Å². The third-order valence-corrected chi connectivity index (χ3v) is 4.22. The minimum atomic E-state index is -0.169. The van der Waals surface area contributed by atoms with Crippen LogP contribution in [0, 0.1) is 0 Å². The van der Waals surface area contributed by atoms with Crippen LogP contribution in [0.4, 0.5) is 5.13 Å². The summed E-state index contributed by atoms with van der Waals surface area (Å²) in [6.07, 6.45) is 1.91. The lowest BCUT2D eigenvalue weighted by molar-refractivity contribution is -0.115. The summed E-state index contributed by atoms with van der Waals surface area (Å²) >= 11 is 1.28. The van der Waals surface area contributed by atoms with Crippen LogP contribution >= 0.6 is 11.3 Å². The molecule has 0 saturated carbocycles. The molecule has 0 aliphatic carbocycles. The maximum Gasteiger partial charge on any atom is 0.231 e. The van der Waals surface area contributed by atoms with Gasteiger partial charge in [-0.2, -0.15) is 0 Å². The molecule has 8 heteroatoms. The molecule has 7 nitrogen and oxygen atoms in total. The van der Waals surface area contributed by atoms with Gasteiger partial charge >= 0.3 is 0 Å². The Morgan fingerprint density at radius 1 is 1.17 bits per heavy atom. The van der Waals surface area contributed by atoms with Crippen LogP contribution in [0.25, 0.3) is 10.7 Å². The van der Waals surface area contributed by atoms with Crippen LogP contribution in [0.5, 0.6) is 11.5 Å². The Morgan fingerprint density at radius 2 is 2.08 bits per heavy atom. The molecule has 3 aromatic rings. The molecule has 0 radical (unpaired) electrons. The Kier molecular flexibility index (Phi) is 3.80. The van der Waals surface area contributed by atoms with E-state index >= 15 is 0 Å². The van der Waals surface area contributed by atoms with E-state index in [4.69, 9.17) is 9.47 Å². The highest BCUT2D eigenvalue weighted by atomic mass is 32.1. The van der Waals surface area contributed by atoms with Crippen molar-refractivity contribution in [3.05, 3.63) is 48.2 Å². The third-order valence-electron chi connectivity index (χ3n) is 3.36. The molecule has 4 rings (SSSR count). The highest BCUT2D eigenvalue weighted by molar-refractivity contribution is 7.18. The van der Waals surface area contributed by atoms with Crippen molar-refractivity contribution in [1.29, 1.82) is 0 Å². The van der Waals surface area contributed by atoms with Crippen molar-refractivity contribution in [2.45, 2.75) is 6.42 Å². The number of ether oxygens (including phenoxy) is 2. The summed E-state index contributed by atoms with van der Waals surface area (Å²) in [4.78, 5) is 16.4. The molecule has 0 spiro atoms. The van der Waals surface area contributed by atoms with Crippen molar-refractivity contribution in [3.63, 3.8) is 0 Å². The molecular weight excluding hydrogens is 328 g/mol. The number of benzene rings is 1. The average Bonchev–Trinajstić information content (AvgIpc) is 3.24. The van der Waals surface area contributed by atoms with Gasteiger partial charge in [-0.15, -0.1) is 10.2 Å². The van der Waals surface area contributed by atoms with E-state index in [0.29, 0.717) is 21.6 Å². The summed E-state index contributed by atoms with van der Waals surface area (Å²) < 4.78 is 10.6. The van der Waals surface area contributed by atoms with Crippen LogP contribution in [0.2, 0.25) is 0 Å². The van der Waals surface area contributed by atoms with E-state index < -0.39 is 0 Å².